The van der Waals surface area contributed by atoms with Gasteiger partial charge in [0.15, 0.2) is 0 Å². The Morgan fingerprint density at radius 2 is 2.33 bits per heavy atom. The average molecular weight is 292 g/mol. The molecule has 0 aliphatic carbocycles. The lowest BCUT2D eigenvalue weighted by molar-refractivity contribution is -0.139. The zero-order valence-electron chi connectivity index (χ0n) is 12.0. The number of hydrogen-bond donors (Lipinski definition) is 3. The van der Waals surface area contributed by atoms with Gasteiger partial charge in [0.25, 0.3) is 5.91 Å². The van der Waals surface area contributed by atoms with Crippen LogP contribution >= 0.6 is 0 Å². The number of carboxylic acid groups (broad SMARTS) is 1. The Hall–Kier alpha value is -2.15. The molecule has 0 spiro atoms. The van der Waals surface area contributed by atoms with Crippen molar-refractivity contribution in [2.24, 2.45) is 0 Å². The maximum absolute atomic E-state index is 11.8. The van der Waals surface area contributed by atoms with Crippen molar-refractivity contribution in [3.8, 4) is 0 Å². The van der Waals surface area contributed by atoms with E-state index in [1.807, 2.05) is 11.8 Å². The van der Waals surface area contributed by atoms with Crippen LogP contribution in [0, 0.1) is 0 Å². The van der Waals surface area contributed by atoms with Crippen LogP contribution in [-0.4, -0.2) is 54.2 Å². The highest BCUT2D eigenvalue weighted by Crippen LogP contribution is 2.13. The molecular weight excluding hydrogens is 272 g/mol. The molecular formula is C14H20N4O3. The summed E-state index contributed by atoms with van der Waals surface area (Å²) < 4.78 is 0. The summed E-state index contributed by atoms with van der Waals surface area (Å²) in [7, 11) is 0. The van der Waals surface area contributed by atoms with Gasteiger partial charge in [-0.1, -0.05) is 6.92 Å². The number of hydrogen-bond acceptors (Lipinski definition) is 5. The van der Waals surface area contributed by atoms with Crippen LogP contribution in [0.1, 0.15) is 23.7 Å². The molecule has 2 heterocycles. The van der Waals surface area contributed by atoms with Gasteiger partial charge in [0.05, 0.1) is 5.56 Å². The Balaban J connectivity index is 2.01. The van der Waals surface area contributed by atoms with Crippen molar-refractivity contribution in [2.75, 3.05) is 31.1 Å². The highest BCUT2D eigenvalue weighted by Gasteiger charge is 2.25. The average Bonchev–Trinajstić information content (AvgIpc) is 2.53. The van der Waals surface area contributed by atoms with E-state index < -0.39 is 12.0 Å². The summed E-state index contributed by atoms with van der Waals surface area (Å²) in [5.41, 5.74) is 0.511. The van der Waals surface area contributed by atoms with Gasteiger partial charge in [-0.15, -0.1) is 0 Å². The number of carbonyl (C=O) groups excluding carboxylic acids is 1. The molecule has 3 N–H and O–H groups in total. The molecule has 2 rings (SSSR count). The Bertz CT molecular complexity index is 503. The normalized spacial score (nSPS) is 18.3. The lowest BCUT2D eigenvalue weighted by atomic mass is 10.2. The van der Waals surface area contributed by atoms with Gasteiger partial charge in [-0.2, -0.15) is 0 Å². The van der Waals surface area contributed by atoms with Gasteiger partial charge in [0.2, 0.25) is 0 Å². The first-order valence-electron chi connectivity index (χ1n) is 7.07. The number of rotatable bonds is 5. The zero-order chi connectivity index (χ0) is 15.2. The van der Waals surface area contributed by atoms with E-state index >= 15 is 0 Å². The van der Waals surface area contributed by atoms with E-state index in [1.54, 1.807) is 12.1 Å². The number of aliphatic carboxylic acids is 1. The summed E-state index contributed by atoms with van der Waals surface area (Å²) in [6.45, 7) is 4.28. The fourth-order valence-corrected chi connectivity index (χ4v) is 2.17. The van der Waals surface area contributed by atoms with Gasteiger partial charge in [-0.25, -0.2) is 4.98 Å². The lowest BCUT2D eigenvalue weighted by Crippen LogP contribution is -2.54. The molecule has 1 unspecified atom stereocenters. The molecule has 21 heavy (non-hydrogen) atoms. The molecule has 7 nitrogen and oxygen atoms in total. The van der Waals surface area contributed by atoms with Crippen LogP contribution < -0.4 is 15.5 Å². The lowest BCUT2D eigenvalue weighted by Gasteiger charge is -2.32. The molecule has 0 bridgehead atoms. The van der Waals surface area contributed by atoms with E-state index in [2.05, 4.69) is 15.6 Å². The highest BCUT2D eigenvalue weighted by atomic mass is 16.4. The molecule has 1 aliphatic rings. The Labute approximate surface area is 123 Å². The maximum Gasteiger partial charge on any atom is 0.322 e. The van der Waals surface area contributed by atoms with Crippen LogP contribution in [0.2, 0.25) is 0 Å². The van der Waals surface area contributed by atoms with Gasteiger partial charge < -0.3 is 20.6 Å². The molecule has 1 atom stereocenters. The van der Waals surface area contributed by atoms with E-state index in [0.29, 0.717) is 37.6 Å². The van der Waals surface area contributed by atoms with Gasteiger partial charge in [0, 0.05) is 32.4 Å². The number of anilines is 1. The number of carbonyl (C=O) groups is 2. The Kier molecular flexibility index (Phi) is 5.10. The topological polar surface area (TPSA) is 94.6 Å². The molecule has 1 saturated heterocycles. The summed E-state index contributed by atoms with van der Waals surface area (Å²) in [6, 6.07) is 2.88. The van der Waals surface area contributed by atoms with Gasteiger partial charge in [0.1, 0.15) is 11.9 Å². The molecule has 1 aromatic rings. The number of pyridine rings is 1. The van der Waals surface area contributed by atoms with Crippen molar-refractivity contribution in [1.29, 1.82) is 0 Å². The summed E-state index contributed by atoms with van der Waals surface area (Å²) in [5.74, 6) is -0.315. The first kappa shape index (κ1) is 15.2. The summed E-state index contributed by atoms with van der Waals surface area (Å²) in [4.78, 5) is 29.0. The number of piperazine rings is 1. The second-order valence-electron chi connectivity index (χ2n) is 4.95. The second kappa shape index (κ2) is 7.03. The molecule has 1 aromatic heterocycles. The summed E-state index contributed by atoms with van der Waals surface area (Å²) in [6.07, 6.45) is 2.41. The van der Waals surface area contributed by atoms with E-state index in [-0.39, 0.29) is 5.91 Å². The van der Waals surface area contributed by atoms with E-state index in [9.17, 15) is 9.59 Å². The number of aromatic nitrogens is 1. The molecule has 1 amide bonds. The first-order valence-corrected chi connectivity index (χ1v) is 7.07. The smallest absolute Gasteiger partial charge is 0.322 e. The third kappa shape index (κ3) is 3.91. The third-order valence-corrected chi connectivity index (χ3v) is 3.34. The molecule has 0 aromatic carbocycles. The van der Waals surface area contributed by atoms with Crippen molar-refractivity contribution in [3.63, 3.8) is 0 Å². The van der Waals surface area contributed by atoms with Crippen LogP contribution in [0.15, 0.2) is 18.3 Å². The predicted octanol–water partition coefficient (Wildman–Crippen LogP) is 0.0842. The zero-order valence-corrected chi connectivity index (χ0v) is 12.0. The van der Waals surface area contributed by atoms with Crippen molar-refractivity contribution >= 4 is 17.7 Å². The number of nitrogens with one attached hydrogen (secondary N) is 2. The van der Waals surface area contributed by atoms with Crippen LogP contribution in [-0.2, 0) is 4.79 Å². The van der Waals surface area contributed by atoms with E-state index in [0.717, 1.165) is 6.42 Å². The molecule has 114 valence electrons. The van der Waals surface area contributed by atoms with Crippen LogP contribution in [0.25, 0.3) is 0 Å². The molecule has 1 fully saturated rings. The van der Waals surface area contributed by atoms with Crippen molar-refractivity contribution in [3.05, 3.63) is 23.9 Å². The predicted molar refractivity (Wildman–Crippen MR) is 78.5 cm³/mol. The number of carboxylic acids is 1. The molecule has 0 saturated carbocycles. The van der Waals surface area contributed by atoms with Crippen LogP contribution in [0.3, 0.4) is 0 Å². The van der Waals surface area contributed by atoms with Gasteiger partial charge >= 0.3 is 5.97 Å². The molecule has 1 aliphatic heterocycles. The highest BCUT2D eigenvalue weighted by molar-refractivity contribution is 5.94. The van der Waals surface area contributed by atoms with Crippen molar-refractivity contribution in [1.82, 2.24) is 15.6 Å². The first-order chi connectivity index (χ1) is 10.1. The quantitative estimate of drug-likeness (QED) is 0.712. The molecule has 7 heteroatoms. The largest absolute Gasteiger partial charge is 0.480 e. The van der Waals surface area contributed by atoms with Gasteiger partial charge in [-0.3, -0.25) is 9.59 Å². The second-order valence-corrected chi connectivity index (χ2v) is 4.95. The number of nitrogens with zero attached hydrogens (tertiary/aromatic N) is 2. The third-order valence-electron chi connectivity index (χ3n) is 3.34. The fraction of sp³-hybridized carbons (Fsp3) is 0.500. The summed E-state index contributed by atoms with van der Waals surface area (Å²) in [5, 5.41) is 14.8. The van der Waals surface area contributed by atoms with E-state index in [4.69, 9.17) is 5.11 Å². The SMILES string of the molecule is CCCNC(=O)c1ccc(N2CCNC(C(=O)O)C2)nc1. The minimum absolute atomic E-state index is 0.139. The maximum atomic E-state index is 11.8. The Morgan fingerprint density at radius 3 is 2.95 bits per heavy atom. The number of amides is 1. The van der Waals surface area contributed by atoms with Crippen molar-refractivity contribution in [2.45, 2.75) is 19.4 Å². The minimum Gasteiger partial charge on any atom is -0.480 e. The van der Waals surface area contributed by atoms with Gasteiger partial charge in [-0.05, 0) is 18.6 Å². The Morgan fingerprint density at radius 1 is 1.52 bits per heavy atom. The fourth-order valence-electron chi connectivity index (χ4n) is 2.17. The van der Waals surface area contributed by atoms with E-state index in [1.165, 1.54) is 6.20 Å². The monoisotopic (exact) mass is 292 g/mol. The standard InChI is InChI=1S/C14H20N4O3/c1-2-5-16-13(19)10-3-4-12(17-8-10)18-7-6-15-11(9-18)14(20)21/h3-4,8,11,15H,2,5-7,9H2,1H3,(H,16,19)(H,20,21). The molecule has 0 radical (unpaired) electrons. The van der Waals surface area contributed by atoms with Crippen molar-refractivity contribution < 1.29 is 14.7 Å². The van der Waals surface area contributed by atoms with Crippen LogP contribution in [0.4, 0.5) is 5.82 Å². The van der Waals surface area contributed by atoms with Crippen LogP contribution in [0.5, 0.6) is 0 Å². The minimum atomic E-state index is -0.865. The summed E-state index contributed by atoms with van der Waals surface area (Å²) >= 11 is 0.